The number of piperidine rings is 1. The molecule has 1 aromatic heterocycles. The molecule has 0 aliphatic carbocycles. The Morgan fingerprint density at radius 3 is 2.67 bits per heavy atom. The monoisotopic (exact) mass is 311 g/mol. The van der Waals surface area contributed by atoms with Crippen LogP contribution in [0, 0.1) is 0 Å². The van der Waals surface area contributed by atoms with E-state index in [0.717, 1.165) is 24.5 Å². The lowest BCUT2D eigenvalue weighted by Crippen LogP contribution is -2.29. The Balaban J connectivity index is 2.11. The van der Waals surface area contributed by atoms with Crippen molar-refractivity contribution in [2.75, 3.05) is 18.4 Å². The topological polar surface area (TPSA) is 82.5 Å². The number of rotatable bonds is 6. The fraction of sp³-hybridized carbons (Fsp3) is 0.643. The number of amides is 1. The Labute approximate surface area is 128 Å². The van der Waals surface area contributed by atoms with Gasteiger partial charge in [0.25, 0.3) is 0 Å². The Hall–Kier alpha value is -1.47. The highest BCUT2D eigenvalue weighted by atomic mass is 32.1. The van der Waals surface area contributed by atoms with Crippen molar-refractivity contribution in [3.8, 4) is 0 Å². The molecule has 2 rings (SSSR count). The average Bonchev–Trinajstić information content (AvgIpc) is 2.80. The summed E-state index contributed by atoms with van der Waals surface area (Å²) in [5.74, 6) is -0.997. The van der Waals surface area contributed by atoms with E-state index in [0.29, 0.717) is 17.2 Å². The van der Waals surface area contributed by atoms with E-state index in [1.54, 1.807) is 6.92 Å². The molecule has 6 nitrogen and oxygen atoms in total. The summed E-state index contributed by atoms with van der Waals surface area (Å²) in [6.07, 6.45) is 3.93. The van der Waals surface area contributed by atoms with E-state index in [2.05, 4.69) is 15.2 Å². The van der Waals surface area contributed by atoms with Crippen LogP contribution < -0.4 is 5.32 Å². The van der Waals surface area contributed by atoms with Gasteiger partial charge in [-0.15, -0.1) is 11.3 Å². The summed E-state index contributed by atoms with van der Waals surface area (Å²) in [6, 6.07) is 0. The van der Waals surface area contributed by atoms with E-state index in [4.69, 9.17) is 5.11 Å². The highest BCUT2D eigenvalue weighted by molar-refractivity contribution is 7.15. The van der Waals surface area contributed by atoms with Gasteiger partial charge in [-0.3, -0.25) is 14.5 Å². The maximum Gasteiger partial charge on any atom is 0.309 e. The normalized spacial score (nSPS) is 15.9. The van der Waals surface area contributed by atoms with Crippen molar-refractivity contribution in [2.45, 2.75) is 45.6 Å². The van der Waals surface area contributed by atoms with Gasteiger partial charge in [-0.05, 0) is 25.9 Å². The number of nitrogens with one attached hydrogen (secondary N) is 1. The Kier molecular flexibility index (Phi) is 5.69. The number of hydrogen-bond donors (Lipinski definition) is 2. The van der Waals surface area contributed by atoms with Crippen molar-refractivity contribution in [1.82, 2.24) is 9.88 Å². The summed E-state index contributed by atoms with van der Waals surface area (Å²) in [5.41, 5.74) is 0.574. The molecule has 1 aliphatic rings. The smallest absolute Gasteiger partial charge is 0.309 e. The number of aliphatic carboxylic acids is 1. The third kappa shape index (κ3) is 4.78. The second-order valence-electron chi connectivity index (χ2n) is 5.20. The first-order valence-electron chi connectivity index (χ1n) is 7.31. The van der Waals surface area contributed by atoms with Crippen molar-refractivity contribution in [3.05, 3.63) is 10.6 Å². The Morgan fingerprint density at radius 2 is 2.05 bits per heavy atom. The zero-order valence-corrected chi connectivity index (χ0v) is 13.0. The minimum atomic E-state index is -0.895. The van der Waals surface area contributed by atoms with Gasteiger partial charge < -0.3 is 10.4 Å². The number of carbonyl (C=O) groups excluding carboxylic acids is 1. The zero-order chi connectivity index (χ0) is 15.2. The third-order valence-corrected chi connectivity index (χ3v) is 4.48. The number of thiazole rings is 1. The molecule has 2 heterocycles. The number of hydrogen-bond acceptors (Lipinski definition) is 5. The van der Waals surface area contributed by atoms with Crippen LogP contribution in [0.3, 0.4) is 0 Å². The van der Waals surface area contributed by atoms with Crippen LogP contribution in [-0.4, -0.2) is 40.0 Å². The quantitative estimate of drug-likeness (QED) is 0.840. The summed E-state index contributed by atoms with van der Waals surface area (Å²) in [4.78, 5) is 30.0. The Bertz CT molecular complexity index is 510. The van der Waals surface area contributed by atoms with Crippen LogP contribution in [-0.2, 0) is 22.6 Å². The van der Waals surface area contributed by atoms with Crippen LogP contribution in [0.15, 0.2) is 0 Å². The highest BCUT2D eigenvalue weighted by Crippen LogP contribution is 2.26. The predicted octanol–water partition coefficient (Wildman–Crippen LogP) is 2.10. The SMILES string of the molecule is CCC(=O)Nc1nc(CC(=O)O)c(CN2CCCCC2)s1. The van der Waals surface area contributed by atoms with Gasteiger partial charge in [0.1, 0.15) is 0 Å². The molecule has 0 unspecified atom stereocenters. The molecule has 1 fully saturated rings. The largest absolute Gasteiger partial charge is 0.481 e. The lowest BCUT2D eigenvalue weighted by atomic mass is 10.1. The van der Waals surface area contributed by atoms with Gasteiger partial charge in [-0.1, -0.05) is 13.3 Å². The standard InChI is InChI=1S/C14H21N3O3S/c1-2-12(18)16-14-15-10(8-13(19)20)11(21-14)9-17-6-4-3-5-7-17/h2-9H2,1H3,(H,19,20)(H,15,16,18). The van der Waals surface area contributed by atoms with Gasteiger partial charge >= 0.3 is 5.97 Å². The summed E-state index contributed by atoms with van der Waals surface area (Å²) in [5, 5.41) is 12.2. The molecule has 0 bridgehead atoms. The predicted molar refractivity (Wildman–Crippen MR) is 81.5 cm³/mol. The molecule has 116 valence electrons. The van der Waals surface area contributed by atoms with Crippen LogP contribution in [0.5, 0.6) is 0 Å². The zero-order valence-electron chi connectivity index (χ0n) is 12.2. The van der Waals surface area contributed by atoms with Crippen LogP contribution in [0.4, 0.5) is 5.13 Å². The molecule has 1 aliphatic heterocycles. The van der Waals surface area contributed by atoms with Gasteiger partial charge in [-0.2, -0.15) is 0 Å². The van der Waals surface area contributed by atoms with E-state index in [9.17, 15) is 9.59 Å². The summed E-state index contributed by atoms with van der Waals surface area (Å²) >= 11 is 1.39. The fourth-order valence-electron chi connectivity index (χ4n) is 2.37. The van der Waals surface area contributed by atoms with Gasteiger partial charge in [0.15, 0.2) is 5.13 Å². The number of aromatic nitrogens is 1. The lowest BCUT2D eigenvalue weighted by Gasteiger charge is -2.25. The minimum absolute atomic E-state index is 0.0956. The van der Waals surface area contributed by atoms with E-state index < -0.39 is 5.97 Å². The van der Waals surface area contributed by atoms with Gasteiger partial charge in [-0.25, -0.2) is 4.98 Å². The lowest BCUT2D eigenvalue weighted by molar-refractivity contribution is -0.136. The van der Waals surface area contributed by atoms with Crippen LogP contribution in [0.2, 0.25) is 0 Å². The van der Waals surface area contributed by atoms with E-state index in [-0.39, 0.29) is 12.3 Å². The van der Waals surface area contributed by atoms with Crippen molar-refractivity contribution in [1.29, 1.82) is 0 Å². The van der Waals surface area contributed by atoms with Crippen molar-refractivity contribution in [3.63, 3.8) is 0 Å². The number of anilines is 1. The molecular formula is C14H21N3O3S. The molecule has 1 saturated heterocycles. The molecule has 0 aromatic carbocycles. The minimum Gasteiger partial charge on any atom is -0.481 e. The summed E-state index contributed by atoms with van der Waals surface area (Å²) in [6.45, 7) is 4.58. The number of likely N-dealkylation sites (tertiary alicyclic amines) is 1. The molecule has 2 N–H and O–H groups in total. The summed E-state index contributed by atoms with van der Waals surface area (Å²) < 4.78 is 0. The number of carboxylic acid groups (broad SMARTS) is 1. The molecule has 1 aromatic rings. The van der Waals surface area contributed by atoms with Crippen molar-refractivity contribution in [2.24, 2.45) is 0 Å². The first-order chi connectivity index (χ1) is 10.1. The van der Waals surface area contributed by atoms with E-state index in [1.165, 1.54) is 30.6 Å². The molecule has 0 saturated carbocycles. The summed E-state index contributed by atoms with van der Waals surface area (Å²) in [7, 11) is 0. The molecule has 1 amide bonds. The average molecular weight is 311 g/mol. The molecular weight excluding hydrogens is 290 g/mol. The molecule has 0 atom stereocenters. The van der Waals surface area contributed by atoms with Gasteiger partial charge in [0.05, 0.1) is 12.1 Å². The third-order valence-electron chi connectivity index (χ3n) is 3.48. The molecule has 7 heteroatoms. The van der Waals surface area contributed by atoms with Crippen LogP contribution in [0.25, 0.3) is 0 Å². The second kappa shape index (κ2) is 7.51. The van der Waals surface area contributed by atoms with Crippen molar-refractivity contribution >= 4 is 28.3 Å². The van der Waals surface area contributed by atoms with Gasteiger partial charge in [0, 0.05) is 17.8 Å². The van der Waals surface area contributed by atoms with E-state index >= 15 is 0 Å². The van der Waals surface area contributed by atoms with Crippen LogP contribution in [0.1, 0.15) is 43.2 Å². The molecule has 0 radical (unpaired) electrons. The number of carboxylic acids is 1. The first-order valence-corrected chi connectivity index (χ1v) is 8.12. The molecule has 21 heavy (non-hydrogen) atoms. The fourth-order valence-corrected chi connectivity index (χ4v) is 3.41. The second-order valence-corrected chi connectivity index (χ2v) is 6.28. The maximum absolute atomic E-state index is 11.4. The number of carbonyl (C=O) groups is 2. The highest BCUT2D eigenvalue weighted by Gasteiger charge is 2.19. The van der Waals surface area contributed by atoms with E-state index in [1.807, 2.05) is 0 Å². The Morgan fingerprint density at radius 1 is 1.33 bits per heavy atom. The molecule has 0 spiro atoms. The van der Waals surface area contributed by atoms with Gasteiger partial charge in [0.2, 0.25) is 5.91 Å². The maximum atomic E-state index is 11.4. The van der Waals surface area contributed by atoms with Crippen LogP contribution >= 0.6 is 11.3 Å². The van der Waals surface area contributed by atoms with Crippen molar-refractivity contribution < 1.29 is 14.7 Å². The first kappa shape index (κ1) is 15.9. The number of nitrogens with zero attached hydrogens (tertiary/aromatic N) is 2.